The second-order valence-electron chi connectivity index (χ2n) is 5.19. The van der Waals surface area contributed by atoms with Gasteiger partial charge in [-0.15, -0.1) is 0 Å². The molecule has 0 amide bonds. The van der Waals surface area contributed by atoms with Crippen molar-refractivity contribution in [1.82, 2.24) is 4.90 Å². The van der Waals surface area contributed by atoms with Gasteiger partial charge in [0.15, 0.2) is 0 Å². The highest BCUT2D eigenvalue weighted by molar-refractivity contribution is 5.72. The van der Waals surface area contributed by atoms with Crippen molar-refractivity contribution in [2.24, 2.45) is 5.92 Å². The normalized spacial score (nSPS) is 17.9. The van der Waals surface area contributed by atoms with E-state index in [0.29, 0.717) is 19.7 Å². The molecule has 1 aromatic carbocycles. The third kappa shape index (κ3) is 3.73. The van der Waals surface area contributed by atoms with Crippen LogP contribution >= 0.6 is 0 Å². The lowest BCUT2D eigenvalue weighted by Gasteiger charge is -2.33. The molecular formula is C16H20N2O3. The minimum absolute atomic E-state index is 0.0552. The van der Waals surface area contributed by atoms with Crippen molar-refractivity contribution < 1.29 is 14.6 Å². The zero-order valence-corrected chi connectivity index (χ0v) is 12.2. The number of carbonyl (C=O) groups excluding carboxylic acids is 1. The van der Waals surface area contributed by atoms with Gasteiger partial charge in [-0.2, -0.15) is 5.26 Å². The van der Waals surface area contributed by atoms with Crippen molar-refractivity contribution >= 4 is 5.97 Å². The topological polar surface area (TPSA) is 73.6 Å². The van der Waals surface area contributed by atoms with E-state index in [9.17, 15) is 15.2 Å². The fraction of sp³-hybridized carbons (Fsp3) is 0.500. The van der Waals surface area contributed by atoms with Crippen LogP contribution in [0.1, 0.15) is 31.4 Å². The molecule has 1 N–H and O–H groups in total. The lowest BCUT2D eigenvalue weighted by Crippen LogP contribution is -2.38. The average molecular weight is 288 g/mol. The number of hydrogen-bond acceptors (Lipinski definition) is 5. The zero-order chi connectivity index (χ0) is 15.2. The van der Waals surface area contributed by atoms with Crippen LogP contribution in [0.3, 0.4) is 0 Å². The molecule has 5 nitrogen and oxygen atoms in total. The molecule has 112 valence electrons. The van der Waals surface area contributed by atoms with E-state index in [0.717, 1.165) is 18.4 Å². The van der Waals surface area contributed by atoms with Crippen LogP contribution in [-0.2, 0) is 9.53 Å². The Labute approximate surface area is 124 Å². The Morgan fingerprint density at radius 2 is 2.05 bits per heavy atom. The summed E-state index contributed by atoms with van der Waals surface area (Å²) in [6, 6.07) is 8.67. The summed E-state index contributed by atoms with van der Waals surface area (Å²) in [5.74, 6) is 0.00658. The first-order valence-corrected chi connectivity index (χ1v) is 7.25. The molecule has 2 rings (SSSR count). The van der Waals surface area contributed by atoms with Crippen molar-refractivity contribution in [2.75, 3.05) is 19.7 Å². The molecule has 0 radical (unpaired) electrons. The molecular weight excluding hydrogens is 268 g/mol. The number of phenolic OH excluding ortho intramolecular Hbond substituents is 1. The SMILES string of the molecule is CCOC(=O)C1CCN(C(C#N)c2ccc(O)cc2)CC1. The first-order chi connectivity index (χ1) is 10.2. The Hall–Kier alpha value is -2.06. The van der Waals surface area contributed by atoms with Crippen LogP contribution < -0.4 is 0 Å². The van der Waals surface area contributed by atoms with Gasteiger partial charge in [0.05, 0.1) is 18.6 Å². The van der Waals surface area contributed by atoms with Gasteiger partial charge in [0, 0.05) is 13.1 Å². The van der Waals surface area contributed by atoms with Crippen molar-refractivity contribution in [3.05, 3.63) is 29.8 Å². The lowest BCUT2D eigenvalue weighted by molar-refractivity contribution is -0.149. The predicted octanol–water partition coefficient (Wildman–Crippen LogP) is 2.23. The van der Waals surface area contributed by atoms with E-state index >= 15 is 0 Å². The molecule has 1 atom stereocenters. The molecule has 0 aliphatic carbocycles. The molecule has 0 aromatic heterocycles. The molecule has 0 spiro atoms. The van der Waals surface area contributed by atoms with Crippen molar-refractivity contribution in [3.8, 4) is 11.8 Å². The Morgan fingerprint density at radius 3 is 2.57 bits per heavy atom. The van der Waals surface area contributed by atoms with Crippen LogP contribution in [0.15, 0.2) is 24.3 Å². The largest absolute Gasteiger partial charge is 0.508 e. The standard InChI is InChI=1S/C16H20N2O3/c1-2-21-16(20)13-7-9-18(10-8-13)15(11-17)12-3-5-14(19)6-4-12/h3-6,13,15,19H,2,7-10H2,1H3. The number of phenols is 1. The zero-order valence-electron chi connectivity index (χ0n) is 12.2. The summed E-state index contributed by atoms with van der Waals surface area (Å²) < 4.78 is 5.05. The van der Waals surface area contributed by atoms with Crippen LogP contribution in [0.25, 0.3) is 0 Å². The van der Waals surface area contributed by atoms with Crippen LogP contribution in [-0.4, -0.2) is 35.7 Å². The van der Waals surface area contributed by atoms with Gasteiger partial charge in [0.25, 0.3) is 0 Å². The smallest absolute Gasteiger partial charge is 0.309 e. The number of esters is 1. The minimum Gasteiger partial charge on any atom is -0.508 e. The highest BCUT2D eigenvalue weighted by Crippen LogP contribution is 2.28. The van der Waals surface area contributed by atoms with Crippen LogP contribution in [0.2, 0.25) is 0 Å². The Balaban J connectivity index is 1.98. The predicted molar refractivity (Wildman–Crippen MR) is 77.4 cm³/mol. The highest BCUT2D eigenvalue weighted by Gasteiger charge is 2.30. The van der Waals surface area contributed by atoms with Gasteiger partial charge in [0.1, 0.15) is 11.8 Å². The second-order valence-corrected chi connectivity index (χ2v) is 5.19. The summed E-state index contributed by atoms with van der Waals surface area (Å²) in [5, 5.41) is 18.7. The van der Waals surface area contributed by atoms with Gasteiger partial charge in [-0.1, -0.05) is 12.1 Å². The van der Waals surface area contributed by atoms with Crippen LogP contribution in [0, 0.1) is 17.2 Å². The number of nitriles is 1. The fourth-order valence-corrected chi connectivity index (χ4v) is 2.68. The number of piperidine rings is 1. The molecule has 1 aliphatic heterocycles. The van der Waals surface area contributed by atoms with Crippen molar-refractivity contribution in [1.29, 1.82) is 5.26 Å². The van der Waals surface area contributed by atoms with E-state index < -0.39 is 0 Å². The van der Waals surface area contributed by atoms with E-state index in [4.69, 9.17) is 4.74 Å². The number of likely N-dealkylation sites (tertiary alicyclic amines) is 1. The summed E-state index contributed by atoms with van der Waals surface area (Å²) in [7, 11) is 0. The van der Waals surface area contributed by atoms with E-state index in [1.165, 1.54) is 0 Å². The average Bonchev–Trinajstić information content (AvgIpc) is 2.51. The van der Waals surface area contributed by atoms with E-state index in [1.54, 1.807) is 24.3 Å². The summed E-state index contributed by atoms with van der Waals surface area (Å²) in [6.45, 7) is 3.61. The number of rotatable bonds is 4. The fourth-order valence-electron chi connectivity index (χ4n) is 2.68. The number of nitrogens with zero attached hydrogens (tertiary/aromatic N) is 2. The second kappa shape index (κ2) is 7.09. The quantitative estimate of drug-likeness (QED) is 0.860. The number of aromatic hydroxyl groups is 1. The lowest BCUT2D eigenvalue weighted by atomic mass is 9.94. The monoisotopic (exact) mass is 288 g/mol. The summed E-state index contributed by atoms with van der Waals surface area (Å²) in [6.07, 6.45) is 1.43. The first-order valence-electron chi connectivity index (χ1n) is 7.25. The third-order valence-electron chi connectivity index (χ3n) is 3.85. The number of ether oxygens (including phenoxy) is 1. The molecule has 1 fully saturated rings. The van der Waals surface area contributed by atoms with Gasteiger partial charge < -0.3 is 9.84 Å². The molecule has 0 saturated carbocycles. The van der Waals surface area contributed by atoms with Gasteiger partial charge >= 0.3 is 5.97 Å². The van der Waals surface area contributed by atoms with E-state index in [-0.39, 0.29) is 23.7 Å². The summed E-state index contributed by atoms with van der Waals surface area (Å²) in [5.41, 5.74) is 0.866. The molecule has 1 aliphatic rings. The van der Waals surface area contributed by atoms with Gasteiger partial charge in [0.2, 0.25) is 0 Å². The third-order valence-corrected chi connectivity index (χ3v) is 3.85. The molecule has 0 bridgehead atoms. The van der Waals surface area contributed by atoms with Gasteiger partial charge in [-0.05, 0) is 37.5 Å². The minimum atomic E-state index is -0.339. The Bertz CT molecular complexity index is 513. The van der Waals surface area contributed by atoms with E-state index in [1.807, 2.05) is 6.92 Å². The molecule has 21 heavy (non-hydrogen) atoms. The summed E-state index contributed by atoms with van der Waals surface area (Å²) in [4.78, 5) is 13.8. The Kier molecular flexibility index (Phi) is 5.18. The molecule has 1 saturated heterocycles. The maximum atomic E-state index is 11.7. The molecule has 5 heteroatoms. The van der Waals surface area contributed by atoms with E-state index in [2.05, 4.69) is 11.0 Å². The van der Waals surface area contributed by atoms with Gasteiger partial charge in [-0.3, -0.25) is 9.69 Å². The summed E-state index contributed by atoms with van der Waals surface area (Å²) >= 11 is 0. The first kappa shape index (κ1) is 15.3. The van der Waals surface area contributed by atoms with Crippen LogP contribution in [0.5, 0.6) is 5.75 Å². The number of benzene rings is 1. The maximum absolute atomic E-state index is 11.7. The Morgan fingerprint density at radius 1 is 1.43 bits per heavy atom. The van der Waals surface area contributed by atoms with Gasteiger partial charge in [-0.25, -0.2) is 0 Å². The molecule has 1 aromatic rings. The number of carbonyl (C=O) groups is 1. The highest BCUT2D eigenvalue weighted by atomic mass is 16.5. The molecule has 1 heterocycles. The maximum Gasteiger partial charge on any atom is 0.309 e. The van der Waals surface area contributed by atoms with Crippen molar-refractivity contribution in [3.63, 3.8) is 0 Å². The molecule has 1 unspecified atom stereocenters. The van der Waals surface area contributed by atoms with Crippen LogP contribution in [0.4, 0.5) is 0 Å². The number of hydrogen-bond donors (Lipinski definition) is 1. The van der Waals surface area contributed by atoms with Crippen molar-refractivity contribution in [2.45, 2.75) is 25.8 Å².